The third-order valence-corrected chi connectivity index (χ3v) is 2.04. The third kappa shape index (κ3) is 1.70. The van der Waals surface area contributed by atoms with Crippen LogP contribution in [0.1, 0.15) is 20.3 Å². The van der Waals surface area contributed by atoms with Crippen LogP contribution in [0.3, 0.4) is 0 Å². The Morgan fingerprint density at radius 2 is 2.08 bits per heavy atom. The molecule has 2 nitrogen and oxygen atoms in total. The summed E-state index contributed by atoms with van der Waals surface area (Å²) in [6.45, 7) is 3.77. The van der Waals surface area contributed by atoms with Crippen molar-refractivity contribution in [2.45, 2.75) is 20.3 Å². The summed E-state index contributed by atoms with van der Waals surface area (Å²) in [7, 11) is 0. The zero-order chi connectivity index (χ0) is 9.19. The molecule has 0 aliphatic heterocycles. The SMILES string of the molecule is CC1(C)C/C(=C\C=O)C=CC1=O. The number of rotatable bonds is 1. The molecule has 0 bridgehead atoms. The van der Waals surface area contributed by atoms with Gasteiger partial charge in [-0.05, 0) is 24.1 Å². The highest BCUT2D eigenvalue weighted by molar-refractivity contribution is 5.96. The molecule has 0 fully saturated rings. The van der Waals surface area contributed by atoms with Gasteiger partial charge in [0, 0.05) is 5.41 Å². The fourth-order valence-corrected chi connectivity index (χ4v) is 1.27. The molecule has 0 unspecified atom stereocenters. The van der Waals surface area contributed by atoms with Gasteiger partial charge in [0.15, 0.2) is 5.78 Å². The fourth-order valence-electron chi connectivity index (χ4n) is 1.27. The Morgan fingerprint density at radius 3 is 2.58 bits per heavy atom. The summed E-state index contributed by atoms with van der Waals surface area (Å²) in [6.07, 6.45) is 6.16. The highest BCUT2D eigenvalue weighted by Gasteiger charge is 2.28. The molecule has 0 spiro atoms. The summed E-state index contributed by atoms with van der Waals surface area (Å²) in [5, 5.41) is 0. The predicted molar refractivity (Wildman–Crippen MR) is 46.7 cm³/mol. The second-order valence-electron chi connectivity index (χ2n) is 3.64. The van der Waals surface area contributed by atoms with Crippen molar-refractivity contribution in [2.24, 2.45) is 5.41 Å². The minimum Gasteiger partial charge on any atom is -0.299 e. The van der Waals surface area contributed by atoms with E-state index in [-0.39, 0.29) is 11.2 Å². The predicted octanol–water partition coefficient (Wildman–Crippen LogP) is 1.67. The first kappa shape index (κ1) is 8.91. The van der Waals surface area contributed by atoms with Gasteiger partial charge in [0.25, 0.3) is 0 Å². The summed E-state index contributed by atoms with van der Waals surface area (Å²) in [5.74, 6) is 0.130. The van der Waals surface area contributed by atoms with Crippen LogP contribution in [0, 0.1) is 5.41 Å². The molecule has 0 atom stereocenters. The Balaban J connectivity index is 2.93. The largest absolute Gasteiger partial charge is 0.299 e. The topological polar surface area (TPSA) is 34.1 Å². The lowest BCUT2D eigenvalue weighted by molar-refractivity contribution is -0.122. The van der Waals surface area contributed by atoms with Crippen molar-refractivity contribution in [1.82, 2.24) is 0 Å². The van der Waals surface area contributed by atoms with Crippen LogP contribution in [0.2, 0.25) is 0 Å². The molecule has 1 aliphatic rings. The van der Waals surface area contributed by atoms with Crippen molar-refractivity contribution in [1.29, 1.82) is 0 Å². The van der Waals surface area contributed by atoms with Crippen LogP contribution >= 0.6 is 0 Å². The van der Waals surface area contributed by atoms with Crippen LogP contribution in [0.5, 0.6) is 0 Å². The molecule has 0 saturated carbocycles. The standard InChI is InChI=1S/C10H12O2/c1-10(2)7-8(5-6-11)3-4-9(10)12/h3-6H,7H2,1-2H3/b8-5-. The smallest absolute Gasteiger partial charge is 0.161 e. The summed E-state index contributed by atoms with van der Waals surface area (Å²) >= 11 is 0. The third-order valence-electron chi connectivity index (χ3n) is 2.04. The molecule has 64 valence electrons. The number of allylic oxidation sites excluding steroid dienone is 4. The van der Waals surface area contributed by atoms with Crippen LogP contribution in [0.15, 0.2) is 23.8 Å². The highest BCUT2D eigenvalue weighted by Crippen LogP contribution is 2.30. The van der Waals surface area contributed by atoms with Gasteiger partial charge in [-0.25, -0.2) is 0 Å². The van der Waals surface area contributed by atoms with E-state index in [1.165, 1.54) is 6.08 Å². The second-order valence-corrected chi connectivity index (χ2v) is 3.64. The van der Waals surface area contributed by atoms with E-state index in [2.05, 4.69) is 0 Å². The van der Waals surface area contributed by atoms with E-state index in [1.54, 1.807) is 12.2 Å². The number of carbonyl (C=O) groups is 2. The Morgan fingerprint density at radius 1 is 1.42 bits per heavy atom. The van der Waals surface area contributed by atoms with Crippen molar-refractivity contribution in [3.63, 3.8) is 0 Å². The van der Waals surface area contributed by atoms with E-state index >= 15 is 0 Å². The second kappa shape index (κ2) is 3.05. The van der Waals surface area contributed by atoms with Crippen LogP contribution in [-0.2, 0) is 9.59 Å². The quantitative estimate of drug-likeness (QED) is 0.436. The first-order valence-electron chi connectivity index (χ1n) is 3.93. The van der Waals surface area contributed by atoms with Gasteiger partial charge in [-0.3, -0.25) is 9.59 Å². The number of hydrogen-bond acceptors (Lipinski definition) is 2. The zero-order valence-electron chi connectivity index (χ0n) is 7.33. The average molecular weight is 164 g/mol. The molecule has 0 aromatic rings. The first-order valence-corrected chi connectivity index (χ1v) is 3.93. The monoisotopic (exact) mass is 164 g/mol. The molecule has 0 N–H and O–H groups in total. The van der Waals surface area contributed by atoms with Gasteiger partial charge < -0.3 is 0 Å². The molecular weight excluding hydrogens is 152 g/mol. The first-order chi connectivity index (χ1) is 5.56. The normalized spacial score (nSPS) is 24.5. The number of ketones is 1. The van der Waals surface area contributed by atoms with Crippen molar-refractivity contribution >= 4 is 12.1 Å². The average Bonchev–Trinajstić information content (AvgIpc) is 1.97. The van der Waals surface area contributed by atoms with E-state index < -0.39 is 0 Å². The molecule has 0 aromatic heterocycles. The lowest BCUT2D eigenvalue weighted by atomic mass is 9.78. The van der Waals surface area contributed by atoms with Crippen LogP contribution in [0.25, 0.3) is 0 Å². The molecule has 0 radical (unpaired) electrons. The Kier molecular flexibility index (Phi) is 2.27. The van der Waals surface area contributed by atoms with E-state index in [0.717, 1.165) is 11.9 Å². The van der Waals surface area contributed by atoms with Gasteiger partial charge in [-0.15, -0.1) is 0 Å². The summed E-state index contributed by atoms with van der Waals surface area (Å²) < 4.78 is 0. The zero-order valence-corrected chi connectivity index (χ0v) is 7.33. The van der Waals surface area contributed by atoms with E-state index in [0.29, 0.717) is 6.42 Å². The maximum absolute atomic E-state index is 11.3. The molecule has 1 rings (SSSR count). The molecular formula is C10H12O2. The maximum Gasteiger partial charge on any atom is 0.161 e. The minimum atomic E-state index is -0.344. The van der Waals surface area contributed by atoms with Crippen molar-refractivity contribution in [3.8, 4) is 0 Å². The minimum absolute atomic E-state index is 0.130. The molecule has 0 heterocycles. The molecule has 1 aliphatic carbocycles. The summed E-state index contributed by atoms with van der Waals surface area (Å²) in [6, 6.07) is 0. The van der Waals surface area contributed by atoms with E-state index in [1.807, 2.05) is 13.8 Å². The summed E-state index contributed by atoms with van der Waals surface area (Å²) in [4.78, 5) is 21.4. The maximum atomic E-state index is 11.3. The fraction of sp³-hybridized carbons (Fsp3) is 0.400. The van der Waals surface area contributed by atoms with E-state index in [9.17, 15) is 9.59 Å². The van der Waals surface area contributed by atoms with Gasteiger partial charge in [-0.1, -0.05) is 19.9 Å². The van der Waals surface area contributed by atoms with Crippen molar-refractivity contribution in [2.75, 3.05) is 0 Å². The molecule has 2 heteroatoms. The summed E-state index contributed by atoms with van der Waals surface area (Å²) in [5.41, 5.74) is 0.582. The van der Waals surface area contributed by atoms with Gasteiger partial charge >= 0.3 is 0 Å². The van der Waals surface area contributed by atoms with Gasteiger partial charge in [0.1, 0.15) is 6.29 Å². The number of aldehydes is 1. The van der Waals surface area contributed by atoms with Crippen LogP contribution in [-0.4, -0.2) is 12.1 Å². The van der Waals surface area contributed by atoms with Crippen molar-refractivity contribution < 1.29 is 9.59 Å². The van der Waals surface area contributed by atoms with Gasteiger partial charge in [0.05, 0.1) is 0 Å². The Bertz CT molecular complexity index is 270. The lowest BCUT2D eigenvalue weighted by Gasteiger charge is -2.25. The number of hydrogen-bond donors (Lipinski definition) is 0. The Labute approximate surface area is 72.0 Å². The molecule has 12 heavy (non-hydrogen) atoms. The molecule has 0 saturated heterocycles. The van der Waals surface area contributed by atoms with Gasteiger partial charge in [0.2, 0.25) is 0 Å². The lowest BCUT2D eigenvalue weighted by Crippen LogP contribution is -2.25. The van der Waals surface area contributed by atoms with Crippen molar-refractivity contribution in [3.05, 3.63) is 23.8 Å². The Hall–Kier alpha value is -1.18. The molecule has 0 aromatic carbocycles. The van der Waals surface area contributed by atoms with Crippen LogP contribution < -0.4 is 0 Å². The number of carbonyl (C=O) groups excluding carboxylic acids is 2. The molecule has 0 amide bonds. The van der Waals surface area contributed by atoms with Crippen LogP contribution in [0.4, 0.5) is 0 Å². The van der Waals surface area contributed by atoms with Gasteiger partial charge in [-0.2, -0.15) is 0 Å². The van der Waals surface area contributed by atoms with E-state index in [4.69, 9.17) is 0 Å². The highest BCUT2D eigenvalue weighted by atomic mass is 16.1.